The summed E-state index contributed by atoms with van der Waals surface area (Å²) in [6, 6.07) is 58.0. The van der Waals surface area contributed by atoms with Gasteiger partial charge in [0.1, 0.15) is 11.2 Å². The van der Waals surface area contributed by atoms with E-state index in [-0.39, 0.29) is 0 Å². The van der Waals surface area contributed by atoms with Gasteiger partial charge < -0.3 is 13.7 Å². The summed E-state index contributed by atoms with van der Waals surface area (Å²) in [6.45, 7) is 0. The molecule has 0 fully saturated rings. The molecule has 0 N–H and O–H groups in total. The molecule has 0 aliphatic heterocycles. The fourth-order valence-electron chi connectivity index (χ4n) is 7.21. The van der Waals surface area contributed by atoms with Crippen LogP contribution < -0.4 is 4.90 Å². The molecular weight excluding hydrogens is 574 g/mol. The largest absolute Gasteiger partial charge is 0.452 e. The summed E-state index contributed by atoms with van der Waals surface area (Å²) in [7, 11) is 0. The monoisotopic (exact) mass is 601 g/mol. The lowest BCUT2D eigenvalue weighted by Crippen LogP contribution is -2.11. The standard InChI is InChI=1S/C44H27NO2/c1-2-12-31-26-32(21-20-28(31)10-1)29-22-24-33(25-23-29)45(38-17-9-13-30-11-3-4-14-34(30)38)39-27-37-35-15-5-7-18-40(35)46-43(37)44-42(39)36-16-6-8-19-41(36)47-44/h1-27H. The number of fused-ring (bicyclic) bond motifs is 9. The first kappa shape index (κ1) is 26.0. The molecule has 0 amide bonds. The molecule has 47 heavy (non-hydrogen) atoms. The van der Waals surface area contributed by atoms with Crippen LogP contribution in [0.25, 0.3) is 76.5 Å². The molecule has 0 radical (unpaired) electrons. The number of hydrogen-bond acceptors (Lipinski definition) is 3. The third-order valence-electron chi connectivity index (χ3n) is 9.43. The second kappa shape index (κ2) is 10.1. The molecule has 0 aliphatic rings. The molecule has 3 heteroatoms. The summed E-state index contributed by atoms with van der Waals surface area (Å²) in [5, 5.41) is 9.01. The van der Waals surface area contributed by atoms with Crippen molar-refractivity contribution in [3.8, 4) is 11.1 Å². The third kappa shape index (κ3) is 4.00. The Morgan fingerprint density at radius 1 is 0.362 bits per heavy atom. The molecular formula is C44H27NO2. The summed E-state index contributed by atoms with van der Waals surface area (Å²) in [4.78, 5) is 2.39. The average Bonchev–Trinajstić information content (AvgIpc) is 3.71. The summed E-state index contributed by atoms with van der Waals surface area (Å²) in [5.74, 6) is 0. The summed E-state index contributed by atoms with van der Waals surface area (Å²) in [5.41, 5.74) is 8.77. The van der Waals surface area contributed by atoms with Gasteiger partial charge in [-0.1, -0.05) is 121 Å². The van der Waals surface area contributed by atoms with Crippen LogP contribution in [0.15, 0.2) is 173 Å². The first-order valence-corrected chi connectivity index (χ1v) is 15.9. The zero-order valence-corrected chi connectivity index (χ0v) is 25.4. The summed E-state index contributed by atoms with van der Waals surface area (Å²) >= 11 is 0. The predicted molar refractivity (Wildman–Crippen MR) is 196 cm³/mol. The molecule has 10 aromatic rings. The van der Waals surface area contributed by atoms with Crippen LogP contribution >= 0.6 is 0 Å². The van der Waals surface area contributed by atoms with Crippen LogP contribution in [-0.4, -0.2) is 0 Å². The van der Waals surface area contributed by atoms with Crippen molar-refractivity contribution in [3.05, 3.63) is 164 Å². The molecule has 3 nitrogen and oxygen atoms in total. The Kier molecular flexibility index (Phi) is 5.57. The van der Waals surface area contributed by atoms with Gasteiger partial charge in [-0.2, -0.15) is 0 Å². The number of rotatable bonds is 4. The van der Waals surface area contributed by atoms with Gasteiger partial charge in [0.15, 0.2) is 11.2 Å². The Morgan fingerprint density at radius 3 is 1.81 bits per heavy atom. The highest BCUT2D eigenvalue weighted by molar-refractivity contribution is 6.25. The number of anilines is 3. The van der Waals surface area contributed by atoms with E-state index in [0.29, 0.717) is 0 Å². The van der Waals surface area contributed by atoms with Gasteiger partial charge in [0.05, 0.1) is 16.8 Å². The van der Waals surface area contributed by atoms with Gasteiger partial charge in [-0.25, -0.2) is 0 Å². The van der Waals surface area contributed by atoms with Crippen LogP contribution in [0.4, 0.5) is 17.1 Å². The number of benzene rings is 8. The van der Waals surface area contributed by atoms with Gasteiger partial charge in [-0.15, -0.1) is 0 Å². The lowest BCUT2D eigenvalue weighted by atomic mass is 10.00. The van der Waals surface area contributed by atoms with Gasteiger partial charge in [0.2, 0.25) is 0 Å². The number of para-hydroxylation sites is 2. The van der Waals surface area contributed by atoms with Crippen LogP contribution in [0.3, 0.4) is 0 Å². The van der Waals surface area contributed by atoms with E-state index < -0.39 is 0 Å². The molecule has 0 saturated carbocycles. The fraction of sp³-hybridized carbons (Fsp3) is 0. The van der Waals surface area contributed by atoms with E-state index in [2.05, 4.69) is 144 Å². The quantitative estimate of drug-likeness (QED) is 0.201. The number of furan rings is 2. The van der Waals surface area contributed by atoms with Crippen molar-refractivity contribution >= 4 is 82.5 Å². The van der Waals surface area contributed by atoms with Crippen molar-refractivity contribution in [3.63, 3.8) is 0 Å². The van der Waals surface area contributed by atoms with E-state index in [1.54, 1.807) is 0 Å². The third-order valence-corrected chi connectivity index (χ3v) is 9.43. The van der Waals surface area contributed by atoms with E-state index in [1.165, 1.54) is 32.7 Å². The minimum absolute atomic E-state index is 0.757. The van der Waals surface area contributed by atoms with Crippen molar-refractivity contribution in [2.75, 3.05) is 4.90 Å². The Hall–Kier alpha value is -6.32. The van der Waals surface area contributed by atoms with E-state index in [0.717, 1.165) is 60.9 Å². The molecule has 0 spiro atoms. The molecule has 0 aliphatic carbocycles. The van der Waals surface area contributed by atoms with Crippen LogP contribution in [0.2, 0.25) is 0 Å². The van der Waals surface area contributed by atoms with Crippen LogP contribution in [0.5, 0.6) is 0 Å². The highest BCUT2D eigenvalue weighted by Crippen LogP contribution is 2.49. The minimum Gasteiger partial charge on any atom is -0.452 e. The van der Waals surface area contributed by atoms with Gasteiger partial charge >= 0.3 is 0 Å². The topological polar surface area (TPSA) is 29.5 Å². The molecule has 2 heterocycles. The van der Waals surface area contributed by atoms with Crippen LogP contribution in [-0.2, 0) is 0 Å². The van der Waals surface area contributed by atoms with E-state index in [1.807, 2.05) is 24.3 Å². The first-order valence-electron chi connectivity index (χ1n) is 15.9. The molecule has 2 aromatic heterocycles. The normalized spacial score (nSPS) is 11.8. The Balaban J connectivity index is 1.27. The minimum atomic E-state index is 0.757. The predicted octanol–water partition coefficient (Wildman–Crippen LogP) is 12.9. The maximum atomic E-state index is 6.64. The van der Waals surface area contributed by atoms with E-state index in [4.69, 9.17) is 8.83 Å². The first-order chi connectivity index (χ1) is 23.3. The second-order valence-electron chi connectivity index (χ2n) is 12.1. The van der Waals surface area contributed by atoms with Crippen molar-refractivity contribution < 1.29 is 8.83 Å². The Morgan fingerprint density at radius 2 is 0.979 bits per heavy atom. The van der Waals surface area contributed by atoms with E-state index in [9.17, 15) is 0 Å². The van der Waals surface area contributed by atoms with Gasteiger partial charge in [-0.3, -0.25) is 0 Å². The molecule has 10 rings (SSSR count). The highest BCUT2D eigenvalue weighted by atomic mass is 16.4. The molecule has 0 bridgehead atoms. The van der Waals surface area contributed by atoms with E-state index >= 15 is 0 Å². The second-order valence-corrected chi connectivity index (χ2v) is 12.1. The number of nitrogens with zero attached hydrogens (tertiary/aromatic N) is 1. The lowest BCUT2D eigenvalue weighted by Gasteiger charge is -2.28. The van der Waals surface area contributed by atoms with Crippen molar-refractivity contribution in [2.24, 2.45) is 0 Å². The maximum Gasteiger partial charge on any atom is 0.180 e. The highest BCUT2D eigenvalue weighted by Gasteiger charge is 2.25. The van der Waals surface area contributed by atoms with Crippen LogP contribution in [0, 0.1) is 0 Å². The van der Waals surface area contributed by atoms with Crippen LogP contribution in [0.1, 0.15) is 0 Å². The van der Waals surface area contributed by atoms with Crippen molar-refractivity contribution in [1.82, 2.24) is 0 Å². The molecule has 0 atom stereocenters. The van der Waals surface area contributed by atoms with Gasteiger partial charge in [0.25, 0.3) is 0 Å². The smallest absolute Gasteiger partial charge is 0.180 e. The summed E-state index contributed by atoms with van der Waals surface area (Å²) < 4.78 is 13.1. The molecule has 0 saturated heterocycles. The van der Waals surface area contributed by atoms with Gasteiger partial charge in [0, 0.05) is 27.2 Å². The SMILES string of the molecule is c1ccc2cc(-c3ccc(N(c4cccc5ccccc45)c4cc5c6ccccc6oc5c5oc6ccccc6c45)cc3)ccc2c1. The zero-order chi connectivity index (χ0) is 30.9. The lowest BCUT2D eigenvalue weighted by molar-refractivity contribution is 0.633. The fourth-order valence-corrected chi connectivity index (χ4v) is 7.21. The number of hydrogen-bond donors (Lipinski definition) is 0. The van der Waals surface area contributed by atoms with Gasteiger partial charge in [-0.05, 0) is 69.8 Å². The average molecular weight is 602 g/mol. The Bertz CT molecular complexity index is 2800. The Labute approximate surface area is 270 Å². The van der Waals surface area contributed by atoms with Crippen molar-refractivity contribution in [2.45, 2.75) is 0 Å². The zero-order valence-electron chi connectivity index (χ0n) is 25.4. The summed E-state index contributed by atoms with van der Waals surface area (Å²) in [6.07, 6.45) is 0. The molecule has 220 valence electrons. The molecule has 8 aromatic carbocycles. The van der Waals surface area contributed by atoms with Crippen molar-refractivity contribution in [1.29, 1.82) is 0 Å². The molecule has 0 unspecified atom stereocenters. The maximum absolute atomic E-state index is 6.64.